The number of nitrogens with one attached hydrogen (secondary N) is 2. The topological polar surface area (TPSA) is 71.7 Å². The smallest absolute Gasteiger partial charge is 0.191 e. The summed E-state index contributed by atoms with van der Waals surface area (Å²) in [7, 11) is 1.70. The van der Waals surface area contributed by atoms with E-state index < -0.39 is 0 Å². The summed E-state index contributed by atoms with van der Waals surface area (Å²) >= 11 is 0. The van der Waals surface area contributed by atoms with E-state index in [1.807, 2.05) is 31.2 Å². The maximum atomic E-state index is 5.38. The number of methoxy groups -OCH3 is 1. The third-order valence-electron chi connectivity index (χ3n) is 3.79. The van der Waals surface area contributed by atoms with Crippen LogP contribution in [0.5, 0.6) is 5.75 Å². The first-order valence-corrected chi connectivity index (χ1v) is 8.73. The van der Waals surface area contributed by atoms with Gasteiger partial charge in [-0.1, -0.05) is 37.2 Å². The van der Waals surface area contributed by atoms with E-state index in [0.29, 0.717) is 12.5 Å². The van der Waals surface area contributed by atoms with Crippen molar-refractivity contribution in [1.82, 2.24) is 15.8 Å². The van der Waals surface area contributed by atoms with Crippen LogP contribution in [0.2, 0.25) is 0 Å². The first kappa shape index (κ1) is 18.8. The lowest BCUT2D eigenvalue weighted by atomic mass is 10.1. The molecule has 0 radical (unpaired) electrons. The van der Waals surface area contributed by atoms with Gasteiger partial charge in [0.15, 0.2) is 11.7 Å². The highest BCUT2D eigenvalue weighted by molar-refractivity contribution is 5.79. The molecule has 2 N–H and O–H groups in total. The Morgan fingerprint density at radius 2 is 2.08 bits per heavy atom. The van der Waals surface area contributed by atoms with Gasteiger partial charge in [-0.3, -0.25) is 0 Å². The Hall–Kier alpha value is -2.50. The number of para-hydroxylation sites is 1. The van der Waals surface area contributed by atoms with Crippen LogP contribution in [0.1, 0.15) is 43.7 Å². The number of guanidine groups is 1. The highest BCUT2D eigenvalue weighted by atomic mass is 16.5. The minimum atomic E-state index is 0.355. The van der Waals surface area contributed by atoms with E-state index >= 15 is 0 Å². The number of rotatable bonds is 8. The second kappa shape index (κ2) is 9.71. The molecular weight excluding hydrogens is 316 g/mol. The summed E-state index contributed by atoms with van der Waals surface area (Å²) in [6.45, 7) is 8.25. The van der Waals surface area contributed by atoms with Crippen LogP contribution in [0.4, 0.5) is 0 Å². The second-order valence-corrected chi connectivity index (χ2v) is 6.06. The van der Waals surface area contributed by atoms with Crippen LogP contribution >= 0.6 is 0 Å². The zero-order valence-electron chi connectivity index (χ0n) is 15.5. The fraction of sp³-hybridized carbons (Fsp3) is 0.474. The average Bonchev–Trinajstić information content (AvgIpc) is 3.09. The highest BCUT2D eigenvalue weighted by Gasteiger charge is 2.08. The summed E-state index contributed by atoms with van der Waals surface area (Å²) in [5, 5.41) is 10.6. The normalized spacial score (nSPS) is 11.6. The molecule has 1 aromatic heterocycles. The molecule has 2 aromatic rings. The monoisotopic (exact) mass is 344 g/mol. The summed E-state index contributed by atoms with van der Waals surface area (Å²) in [6, 6.07) is 10.0. The van der Waals surface area contributed by atoms with Crippen molar-refractivity contribution in [3.8, 4) is 5.75 Å². The third-order valence-corrected chi connectivity index (χ3v) is 3.79. The molecule has 0 unspecified atom stereocenters. The Balaban J connectivity index is 1.90. The van der Waals surface area contributed by atoms with Gasteiger partial charge in [-0.25, -0.2) is 4.99 Å². The van der Waals surface area contributed by atoms with E-state index in [0.717, 1.165) is 42.7 Å². The first-order valence-electron chi connectivity index (χ1n) is 8.73. The number of benzene rings is 1. The Kier molecular flexibility index (Phi) is 7.32. The van der Waals surface area contributed by atoms with Crippen molar-refractivity contribution >= 4 is 5.96 Å². The van der Waals surface area contributed by atoms with Crippen molar-refractivity contribution in [2.45, 2.75) is 39.7 Å². The lowest BCUT2D eigenvalue weighted by Crippen LogP contribution is -2.38. The molecule has 25 heavy (non-hydrogen) atoms. The molecule has 0 saturated heterocycles. The highest BCUT2D eigenvalue weighted by Crippen LogP contribution is 2.17. The maximum absolute atomic E-state index is 5.38. The van der Waals surface area contributed by atoms with Crippen LogP contribution in [0.3, 0.4) is 0 Å². The molecule has 0 amide bonds. The number of aromatic nitrogens is 1. The van der Waals surface area contributed by atoms with Gasteiger partial charge in [0.25, 0.3) is 0 Å². The lowest BCUT2D eigenvalue weighted by molar-refractivity contribution is 0.376. The molecule has 0 aliphatic carbocycles. The molecule has 0 aliphatic rings. The first-order chi connectivity index (χ1) is 12.1. The third kappa shape index (κ3) is 5.81. The van der Waals surface area contributed by atoms with Crippen LogP contribution in [0, 0.1) is 0 Å². The molecule has 0 bridgehead atoms. The molecule has 0 saturated carbocycles. The van der Waals surface area contributed by atoms with Crippen LogP contribution in [-0.2, 0) is 13.0 Å². The van der Waals surface area contributed by atoms with Gasteiger partial charge >= 0.3 is 0 Å². The summed E-state index contributed by atoms with van der Waals surface area (Å²) in [6.07, 6.45) is 0.855. The Labute approximate surface area is 149 Å². The molecular formula is C19H28N4O2. The van der Waals surface area contributed by atoms with E-state index in [2.05, 4.69) is 40.7 Å². The standard InChI is InChI=1S/C19H28N4O2/c1-5-20-19(22-13-16-12-17(14(2)3)23-25-16)21-11-10-15-8-6-7-9-18(15)24-4/h6-9,12,14H,5,10-11,13H2,1-4H3,(H2,20,21,22). The van der Waals surface area contributed by atoms with Gasteiger partial charge in [0.2, 0.25) is 0 Å². The van der Waals surface area contributed by atoms with Crippen molar-refractivity contribution in [3.63, 3.8) is 0 Å². The molecule has 2 rings (SSSR count). The maximum Gasteiger partial charge on any atom is 0.191 e. The van der Waals surface area contributed by atoms with Crippen molar-refractivity contribution in [1.29, 1.82) is 0 Å². The molecule has 1 aromatic carbocycles. The van der Waals surface area contributed by atoms with E-state index in [1.54, 1.807) is 7.11 Å². The summed E-state index contributed by atoms with van der Waals surface area (Å²) in [5.74, 6) is 2.80. The molecule has 6 nitrogen and oxygen atoms in total. The number of ether oxygens (including phenoxy) is 1. The molecule has 136 valence electrons. The fourth-order valence-corrected chi connectivity index (χ4v) is 2.40. The summed E-state index contributed by atoms with van der Waals surface area (Å²) < 4.78 is 10.7. The quantitative estimate of drug-likeness (QED) is 0.569. The molecule has 0 aliphatic heterocycles. The van der Waals surface area contributed by atoms with E-state index in [1.165, 1.54) is 5.56 Å². The van der Waals surface area contributed by atoms with Crippen molar-refractivity contribution in [2.75, 3.05) is 20.2 Å². The van der Waals surface area contributed by atoms with Gasteiger partial charge in [-0.2, -0.15) is 0 Å². The van der Waals surface area contributed by atoms with Gasteiger partial charge in [-0.15, -0.1) is 0 Å². The Morgan fingerprint density at radius 3 is 2.76 bits per heavy atom. The predicted molar refractivity (Wildman–Crippen MR) is 100 cm³/mol. The minimum absolute atomic E-state index is 0.355. The van der Waals surface area contributed by atoms with Crippen LogP contribution in [0.25, 0.3) is 0 Å². The fourth-order valence-electron chi connectivity index (χ4n) is 2.40. The second-order valence-electron chi connectivity index (χ2n) is 6.06. The van der Waals surface area contributed by atoms with E-state index in [-0.39, 0.29) is 0 Å². The minimum Gasteiger partial charge on any atom is -0.496 e. The van der Waals surface area contributed by atoms with Gasteiger partial charge in [0.05, 0.1) is 12.8 Å². The van der Waals surface area contributed by atoms with Crippen LogP contribution < -0.4 is 15.4 Å². The zero-order valence-corrected chi connectivity index (χ0v) is 15.5. The van der Waals surface area contributed by atoms with Crippen LogP contribution in [-0.4, -0.2) is 31.3 Å². The van der Waals surface area contributed by atoms with E-state index in [4.69, 9.17) is 9.26 Å². The SMILES string of the molecule is CCNC(=NCc1cc(C(C)C)no1)NCCc1ccccc1OC. The van der Waals surface area contributed by atoms with Crippen LogP contribution in [0.15, 0.2) is 39.8 Å². The summed E-state index contributed by atoms with van der Waals surface area (Å²) in [4.78, 5) is 4.56. The zero-order chi connectivity index (χ0) is 18.1. The summed E-state index contributed by atoms with van der Waals surface area (Å²) in [5.41, 5.74) is 2.13. The van der Waals surface area contributed by atoms with Crippen molar-refractivity contribution < 1.29 is 9.26 Å². The lowest BCUT2D eigenvalue weighted by Gasteiger charge is -2.12. The Bertz CT molecular complexity index is 680. The van der Waals surface area contributed by atoms with Gasteiger partial charge in [0.1, 0.15) is 12.3 Å². The predicted octanol–water partition coefficient (Wildman–Crippen LogP) is 3.10. The van der Waals surface area contributed by atoms with Crippen molar-refractivity contribution in [2.24, 2.45) is 4.99 Å². The average molecular weight is 344 g/mol. The number of hydrogen-bond donors (Lipinski definition) is 2. The van der Waals surface area contributed by atoms with Gasteiger partial charge < -0.3 is 19.9 Å². The molecule has 1 heterocycles. The molecule has 0 fully saturated rings. The number of nitrogens with zero attached hydrogens (tertiary/aromatic N) is 2. The largest absolute Gasteiger partial charge is 0.496 e. The van der Waals surface area contributed by atoms with Gasteiger partial charge in [-0.05, 0) is 30.9 Å². The molecule has 6 heteroatoms. The molecule has 0 spiro atoms. The number of hydrogen-bond acceptors (Lipinski definition) is 4. The molecule has 0 atom stereocenters. The number of aliphatic imine (C=N–C) groups is 1. The van der Waals surface area contributed by atoms with E-state index in [9.17, 15) is 0 Å². The van der Waals surface area contributed by atoms with Crippen molar-refractivity contribution in [3.05, 3.63) is 47.3 Å². The Morgan fingerprint density at radius 1 is 1.28 bits per heavy atom. The van der Waals surface area contributed by atoms with Gasteiger partial charge in [0, 0.05) is 19.2 Å².